The van der Waals surface area contributed by atoms with Gasteiger partial charge in [0, 0.05) is 6.54 Å². The summed E-state index contributed by atoms with van der Waals surface area (Å²) < 4.78 is 0. The largest absolute Gasteiger partial charge is 0.354 e. The van der Waals surface area contributed by atoms with Gasteiger partial charge in [-0.15, -0.1) is 0 Å². The number of rotatable bonds is 6. The molecule has 0 aromatic carbocycles. The smallest absolute Gasteiger partial charge is 0.240 e. The Labute approximate surface area is 148 Å². The van der Waals surface area contributed by atoms with Gasteiger partial charge >= 0.3 is 0 Å². The van der Waals surface area contributed by atoms with Gasteiger partial charge < -0.3 is 10.2 Å². The normalized spacial score (nSPS) is 34.0. The van der Waals surface area contributed by atoms with E-state index in [0.29, 0.717) is 6.54 Å². The maximum absolute atomic E-state index is 12.5. The molecule has 2 saturated heterocycles. The lowest BCUT2D eigenvalue weighted by Crippen LogP contribution is -2.42. The van der Waals surface area contributed by atoms with E-state index >= 15 is 0 Å². The summed E-state index contributed by atoms with van der Waals surface area (Å²) >= 11 is 0. The summed E-state index contributed by atoms with van der Waals surface area (Å²) in [6.07, 6.45) is 9.83. The van der Waals surface area contributed by atoms with Crippen LogP contribution in [-0.4, -0.2) is 60.2 Å². The fourth-order valence-electron chi connectivity index (χ4n) is 5.03. The van der Waals surface area contributed by atoms with Crippen molar-refractivity contribution in [3.8, 4) is 0 Å². The highest BCUT2D eigenvalue weighted by Gasteiger charge is 2.59. The van der Waals surface area contributed by atoms with Crippen LogP contribution in [0.1, 0.15) is 32.1 Å². The monoisotopic (exact) mass is 345 g/mol. The third-order valence-corrected chi connectivity index (χ3v) is 6.29. The zero-order valence-electron chi connectivity index (χ0n) is 14.7. The Kier molecular flexibility index (Phi) is 4.63. The van der Waals surface area contributed by atoms with Gasteiger partial charge in [-0.1, -0.05) is 18.6 Å². The van der Waals surface area contributed by atoms with Gasteiger partial charge in [-0.3, -0.25) is 19.3 Å². The molecule has 4 aliphatic rings. The summed E-state index contributed by atoms with van der Waals surface area (Å²) in [4.78, 5) is 40.9. The van der Waals surface area contributed by atoms with Gasteiger partial charge in [0.1, 0.15) is 6.54 Å². The Morgan fingerprint density at radius 3 is 2.32 bits per heavy atom. The van der Waals surface area contributed by atoms with Crippen molar-refractivity contribution in [2.24, 2.45) is 23.7 Å². The number of likely N-dealkylation sites (tertiary alicyclic amines) is 2. The highest BCUT2D eigenvalue weighted by Crippen LogP contribution is 2.52. The number of allylic oxidation sites excluding steroid dienone is 2. The average Bonchev–Trinajstić information content (AvgIpc) is 3.30. The number of carbonyl (C=O) groups is 3. The molecule has 1 N–H and O–H groups in total. The van der Waals surface area contributed by atoms with E-state index in [-0.39, 0.29) is 47.9 Å². The molecule has 0 aromatic rings. The van der Waals surface area contributed by atoms with Crippen LogP contribution in [0.5, 0.6) is 0 Å². The molecule has 136 valence electrons. The summed E-state index contributed by atoms with van der Waals surface area (Å²) in [6.45, 7) is 3.80. The molecule has 4 atom stereocenters. The van der Waals surface area contributed by atoms with Crippen LogP contribution in [0, 0.1) is 23.7 Å². The predicted molar refractivity (Wildman–Crippen MR) is 92.4 cm³/mol. The number of nitrogens with one attached hydrogen (secondary N) is 1. The highest BCUT2D eigenvalue weighted by atomic mass is 16.2. The summed E-state index contributed by atoms with van der Waals surface area (Å²) in [5, 5.41) is 2.87. The van der Waals surface area contributed by atoms with Crippen molar-refractivity contribution < 1.29 is 14.4 Å². The molecule has 0 spiro atoms. The number of amides is 3. The molecule has 2 aliphatic carbocycles. The molecule has 0 radical (unpaired) electrons. The van der Waals surface area contributed by atoms with E-state index in [1.165, 1.54) is 24.2 Å². The second kappa shape index (κ2) is 6.90. The second-order valence-electron chi connectivity index (χ2n) is 7.87. The van der Waals surface area contributed by atoms with Crippen LogP contribution in [0.3, 0.4) is 0 Å². The zero-order chi connectivity index (χ0) is 17.4. The molecule has 6 nitrogen and oxygen atoms in total. The van der Waals surface area contributed by atoms with Gasteiger partial charge in [-0.2, -0.15) is 0 Å². The van der Waals surface area contributed by atoms with Crippen molar-refractivity contribution in [1.82, 2.24) is 15.1 Å². The quantitative estimate of drug-likeness (QED) is 0.439. The van der Waals surface area contributed by atoms with Crippen LogP contribution in [0.4, 0.5) is 0 Å². The number of hydrogen-bond acceptors (Lipinski definition) is 4. The number of piperidine rings is 1. The maximum atomic E-state index is 12.5. The molecular weight excluding hydrogens is 318 g/mol. The fourth-order valence-corrected chi connectivity index (χ4v) is 5.03. The Bertz CT molecular complexity index is 567. The first kappa shape index (κ1) is 16.8. The highest BCUT2D eigenvalue weighted by molar-refractivity contribution is 6.08. The minimum atomic E-state index is -0.222. The fraction of sp³-hybridized carbons (Fsp3) is 0.737. The van der Waals surface area contributed by atoms with Crippen molar-refractivity contribution in [2.75, 3.05) is 32.7 Å². The van der Waals surface area contributed by atoms with Crippen LogP contribution in [0.2, 0.25) is 0 Å². The zero-order valence-corrected chi connectivity index (χ0v) is 14.7. The summed E-state index contributed by atoms with van der Waals surface area (Å²) in [5.41, 5.74) is 0. The van der Waals surface area contributed by atoms with Crippen molar-refractivity contribution in [2.45, 2.75) is 32.1 Å². The lowest BCUT2D eigenvalue weighted by molar-refractivity contribution is -0.144. The molecule has 1 saturated carbocycles. The number of nitrogens with zero attached hydrogens (tertiary/aromatic N) is 2. The van der Waals surface area contributed by atoms with Gasteiger partial charge in [0.05, 0.1) is 11.8 Å². The predicted octanol–water partition coefficient (Wildman–Crippen LogP) is 0.786. The standard InChI is InChI=1S/C19H27N3O3/c23-15(20-7-4-10-21-8-2-1-3-9-21)12-22-18(24)16-13-5-6-14(11-13)17(16)19(22)25/h5-6,13-14,16-17H,1-4,7-12H2,(H,20,23). The lowest BCUT2D eigenvalue weighted by Gasteiger charge is -2.26. The molecule has 3 amide bonds. The first-order valence-corrected chi connectivity index (χ1v) is 9.68. The Balaban J connectivity index is 1.22. The van der Waals surface area contributed by atoms with Crippen LogP contribution in [0.15, 0.2) is 12.2 Å². The van der Waals surface area contributed by atoms with Gasteiger partial charge in [0.2, 0.25) is 17.7 Å². The van der Waals surface area contributed by atoms with Crippen LogP contribution < -0.4 is 5.32 Å². The summed E-state index contributed by atoms with van der Waals surface area (Å²) in [5.74, 6) is -0.539. The van der Waals surface area contributed by atoms with E-state index in [1.54, 1.807) is 0 Å². The molecule has 0 aromatic heterocycles. The van der Waals surface area contributed by atoms with E-state index in [1.807, 2.05) is 0 Å². The summed E-state index contributed by atoms with van der Waals surface area (Å²) in [6, 6.07) is 0. The third kappa shape index (κ3) is 3.12. The van der Waals surface area contributed by atoms with E-state index < -0.39 is 0 Å². The first-order valence-electron chi connectivity index (χ1n) is 9.68. The van der Waals surface area contributed by atoms with E-state index in [4.69, 9.17) is 0 Å². The van der Waals surface area contributed by atoms with E-state index in [2.05, 4.69) is 22.4 Å². The van der Waals surface area contributed by atoms with Crippen molar-refractivity contribution in [1.29, 1.82) is 0 Å². The topological polar surface area (TPSA) is 69.7 Å². The number of hydrogen-bond donors (Lipinski definition) is 1. The van der Waals surface area contributed by atoms with Crippen molar-refractivity contribution >= 4 is 17.7 Å². The lowest BCUT2D eigenvalue weighted by atomic mass is 9.85. The van der Waals surface area contributed by atoms with Gasteiger partial charge in [-0.05, 0) is 57.2 Å². The van der Waals surface area contributed by atoms with Gasteiger partial charge in [0.25, 0.3) is 0 Å². The van der Waals surface area contributed by atoms with Gasteiger partial charge in [0.15, 0.2) is 0 Å². The molecule has 2 bridgehead atoms. The van der Waals surface area contributed by atoms with Crippen LogP contribution in [-0.2, 0) is 14.4 Å². The molecule has 25 heavy (non-hydrogen) atoms. The molecule has 2 aliphatic heterocycles. The van der Waals surface area contributed by atoms with Crippen molar-refractivity contribution in [3.63, 3.8) is 0 Å². The molecule has 2 heterocycles. The first-order chi connectivity index (χ1) is 12.1. The molecular formula is C19H27N3O3. The Hall–Kier alpha value is -1.69. The van der Waals surface area contributed by atoms with Crippen LogP contribution in [0.25, 0.3) is 0 Å². The third-order valence-electron chi connectivity index (χ3n) is 6.29. The van der Waals surface area contributed by atoms with Crippen LogP contribution >= 0.6 is 0 Å². The summed E-state index contributed by atoms with van der Waals surface area (Å²) in [7, 11) is 0. The Morgan fingerprint density at radius 1 is 1.04 bits per heavy atom. The molecule has 4 rings (SSSR count). The van der Waals surface area contributed by atoms with Crippen molar-refractivity contribution in [3.05, 3.63) is 12.2 Å². The molecule has 3 fully saturated rings. The maximum Gasteiger partial charge on any atom is 0.240 e. The second-order valence-corrected chi connectivity index (χ2v) is 7.87. The van der Waals surface area contributed by atoms with Gasteiger partial charge in [-0.25, -0.2) is 0 Å². The molecule has 6 heteroatoms. The van der Waals surface area contributed by atoms with E-state index in [9.17, 15) is 14.4 Å². The average molecular weight is 345 g/mol. The minimum Gasteiger partial charge on any atom is -0.354 e. The minimum absolute atomic E-state index is 0.117. The number of imide groups is 1. The Morgan fingerprint density at radius 2 is 1.68 bits per heavy atom. The SMILES string of the molecule is O=C(CN1C(=O)C2C3C=CC(C3)C2C1=O)NCCCN1CCCCC1. The van der Waals surface area contributed by atoms with E-state index in [0.717, 1.165) is 32.5 Å². The number of fused-ring (bicyclic) bond motifs is 5. The number of carbonyl (C=O) groups excluding carboxylic acids is 3. The molecule has 4 unspecified atom stereocenters.